The Kier molecular flexibility index (Phi) is 8.78. The smallest absolute Gasteiger partial charge is 0.293 e. The van der Waals surface area contributed by atoms with Crippen LogP contribution in [0.5, 0.6) is 0 Å². The Hall–Kier alpha value is -4.14. The third kappa shape index (κ3) is 6.89. The van der Waals surface area contributed by atoms with E-state index >= 15 is 0 Å². The standard InChI is InChI=1S/C26H35N11O3/c1-34-7-9-36(10-8-34)23-4-3-20(15-21(23)31-26(39)24-29-16-19(27)17-30-24)37-18-22(32-33-37)25(38)28-5-2-6-35-11-13-40-14-12-35/h3-4,15-18H,2,5-14,27H2,1H3,(H,28,38)(H,31,39). The largest absolute Gasteiger partial charge is 0.396 e. The number of rotatable bonds is 9. The van der Waals surface area contributed by atoms with E-state index in [1.54, 1.807) is 6.20 Å². The Morgan fingerprint density at radius 2 is 1.77 bits per heavy atom. The summed E-state index contributed by atoms with van der Waals surface area (Å²) < 4.78 is 6.89. The number of hydrogen-bond donors (Lipinski definition) is 3. The Bertz CT molecular complexity index is 1300. The Morgan fingerprint density at radius 3 is 2.52 bits per heavy atom. The van der Waals surface area contributed by atoms with Crippen LogP contribution in [0.2, 0.25) is 0 Å². The molecule has 14 heteroatoms. The van der Waals surface area contributed by atoms with Crippen LogP contribution in [0.3, 0.4) is 0 Å². The first kappa shape index (κ1) is 27.4. The lowest BCUT2D eigenvalue weighted by atomic mass is 10.2. The Labute approximate surface area is 232 Å². The van der Waals surface area contributed by atoms with Crippen LogP contribution in [0, 0.1) is 0 Å². The molecule has 2 aliphatic heterocycles. The van der Waals surface area contributed by atoms with E-state index in [0.717, 1.165) is 71.1 Å². The highest BCUT2D eigenvalue weighted by Gasteiger charge is 2.21. The van der Waals surface area contributed by atoms with Crippen LogP contribution in [0.25, 0.3) is 5.69 Å². The van der Waals surface area contributed by atoms with E-state index in [1.165, 1.54) is 17.1 Å². The molecule has 0 bridgehead atoms. The number of carbonyl (C=O) groups is 2. The van der Waals surface area contributed by atoms with Gasteiger partial charge in [0, 0.05) is 45.8 Å². The summed E-state index contributed by atoms with van der Waals surface area (Å²) in [6.07, 6.45) is 5.21. The molecular weight excluding hydrogens is 514 g/mol. The number of hydrogen-bond acceptors (Lipinski definition) is 11. The zero-order chi connectivity index (χ0) is 27.9. The number of nitrogen functional groups attached to an aromatic ring is 1. The number of nitrogens with zero attached hydrogens (tertiary/aromatic N) is 8. The molecule has 0 spiro atoms. The average Bonchev–Trinajstić information content (AvgIpc) is 3.47. The predicted octanol–water partition coefficient (Wildman–Crippen LogP) is 0.0957. The summed E-state index contributed by atoms with van der Waals surface area (Å²) in [6, 6.07) is 5.64. The van der Waals surface area contributed by atoms with Crippen molar-refractivity contribution in [2.45, 2.75) is 6.42 Å². The van der Waals surface area contributed by atoms with E-state index in [4.69, 9.17) is 10.5 Å². The molecule has 5 rings (SSSR count). The number of nitrogens with one attached hydrogen (secondary N) is 2. The molecule has 40 heavy (non-hydrogen) atoms. The zero-order valence-electron chi connectivity index (χ0n) is 22.6. The van der Waals surface area contributed by atoms with Crippen molar-refractivity contribution >= 4 is 28.9 Å². The van der Waals surface area contributed by atoms with Gasteiger partial charge in [0.2, 0.25) is 5.82 Å². The molecule has 4 heterocycles. The van der Waals surface area contributed by atoms with Crippen LogP contribution in [0.4, 0.5) is 17.1 Å². The molecule has 2 fully saturated rings. The van der Waals surface area contributed by atoms with Gasteiger partial charge in [0.15, 0.2) is 5.69 Å². The predicted molar refractivity (Wildman–Crippen MR) is 150 cm³/mol. The van der Waals surface area contributed by atoms with Crippen molar-refractivity contribution in [3.63, 3.8) is 0 Å². The number of carbonyl (C=O) groups excluding carboxylic acids is 2. The molecule has 2 amide bonds. The number of ether oxygens (including phenoxy) is 1. The number of likely N-dealkylation sites (N-methyl/N-ethyl adjacent to an activating group) is 1. The van der Waals surface area contributed by atoms with Gasteiger partial charge in [0.25, 0.3) is 11.8 Å². The van der Waals surface area contributed by atoms with E-state index in [9.17, 15) is 9.59 Å². The van der Waals surface area contributed by atoms with Crippen LogP contribution in [-0.2, 0) is 4.74 Å². The number of nitrogens with two attached hydrogens (primary N) is 1. The number of morpholine rings is 1. The summed E-state index contributed by atoms with van der Waals surface area (Å²) >= 11 is 0. The Balaban J connectivity index is 1.28. The fourth-order valence-corrected chi connectivity index (χ4v) is 4.64. The van der Waals surface area contributed by atoms with E-state index in [2.05, 4.69) is 52.7 Å². The third-order valence-electron chi connectivity index (χ3n) is 6.98. The molecule has 14 nitrogen and oxygen atoms in total. The second-order valence-corrected chi connectivity index (χ2v) is 9.90. The molecule has 2 saturated heterocycles. The second kappa shape index (κ2) is 12.8. The first-order valence-corrected chi connectivity index (χ1v) is 13.4. The van der Waals surface area contributed by atoms with Crippen molar-refractivity contribution < 1.29 is 14.3 Å². The third-order valence-corrected chi connectivity index (χ3v) is 6.98. The van der Waals surface area contributed by atoms with Crippen molar-refractivity contribution in [2.24, 2.45) is 0 Å². The van der Waals surface area contributed by atoms with Crippen molar-refractivity contribution in [1.82, 2.24) is 40.1 Å². The number of piperazine rings is 1. The summed E-state index contributed by atoms with van der Waals surface area (Å²) in [5.41, 5.74) is 8.36. The van der Waals surface area contributed by atoms with Crippen molar-refractivity contribution in [1.29, 1.82) is 0 Å². The maximum Gasteiger partial charge on any atom is 0.293 e. The molecule has 2 aliphatic rings. The van der Waals surface area contributed by atoms with Gasteiger partial charge in [0.05, 0.1) is 54.6 Å². The van der Waals surface area contributed by atoms with Crippen LogP contribution in [0.1, 0.15) is 27.5 Å². The quantitative estimate of drug-likeness (QED) is 0.311. The van der Waals surface area contributed by atoms with Gasteiger partial charge in [-0.1, -0.05) is 5.21 Å². The highest BCUT2D eigenvalue weighted by Crippen LogP contribution is 2.30. The molecule has 212 valence electrons. The fraction of sp³-hybridized carbons (Fsp3) is 0.462. The summed E-state index contributed by atoms with van der Waals surface area (Å²) in [5, 5.41) is 14.1. The molecule has 1 aromatic carbocycles. The molecule has 0 aliphatic carbocycles. The minimum atomic E-state index is -0.455. The van der Waals surface area contributed by atoms with Gasteiger partial charge in [-0.2, -0.15) is 0 Å². The molecule has 0 unspecified atom stereocenters. The maximum atomic E-state index is 13.0. The van der Waals surface area contributed by atoms with Crippen LogP contribution < -0.4 is 21.3 Å². The summed E-state index contributed by atoms with van der Waals surface area (Å²) in [7, 11) is 2.09. The lowest BCUT2D eigenvalue weighted by molar-refractivity contribution is 0.0374. The first-order valence-electron chi connectivity index (χ1n) is 13.4. The van der Waals surface area contributed by atoms with Gasteiger partial charge in [-0.15, -0.1) is 5.10 Å². The number of anilines is 3. The molecule has 2 aromatic heterocycles. The van der Waals surface area contributed by atoms with E-state index in [-0.39, 0.29) is 17.4 Å². The molecule has 3 aromatic rings. The summed E-state index contributed by atoms with van der Waals surface area (Å²) in [6.45, 7) is 8.26. The number of aromatic nitrogens is 5. The molecule has 0 radical (unpaired) electrons. The van der Waals surface area contributed by atoms with E-state index in [0.29, 0.717) is 23.6 Å². The van der Waals surface area contributed by atoms with Gasteiger partial charge in [-0.25, -0.2) is 14.6 Å². The monoisotopic (exact) mass is 549 g/mol. The zero-order valence-corrected chi connectivity index (χ0v) is 22.6. The maximum absolute atomic E-state index is 13.0. The molecular formula is C26H35N11O3. The lowest BCUT2D eigenvalue weighted by Gasteiger charge is -2.35. The van der Waals surface area contributed by atoms with Crippen molar-refractivity contribution in [2.75, 3.05) is 88.6 Å². The van der Waals surface area contributed by atoms with Gasteiger partial charge in [0.1, 0.15) is 0 Å². The highest BCUT2D eigenvalue weighted by atomic mass is 16.5. The van der Waals surface area contributed by atoms with Crippen molar-refractivity contribution in [3.05, 3.63) is 48.3 Å². The summed E-state index contributed by atoms with van der Waals surface area (Å²) in [5.74, 6) is -0.725. The normalized spacial score (nSPS) is 16.6. The minimum Gasteiger partial charge on any atom is -0.396 e. The Morgan fingerprint density at radius 1 is 1.02 bits per heavy atom. The molecule has 0 saturated carbocycles. The SMILES string of the molecule is CN1CCN(c2ccc(-n3cc(C(=O)NCCCN4CCOCC4)nn3)cc2NC(=O)c2ncc(N)cn2)CC1. The van der Waals surface area contributed by atoms with Gasteiger partial charge >= 0.3 is 0 Å². The first-order chi connectivity index (χ1) is 19.5. The number of amides is 2. The van der Waals surface area contributed by atoms with Crippen LogP contribution >= 0.6 is 0 Å². The lowest BCUT2D eigenvalue weighted by Crippen LogP contribution is -2.44. The fourth-order valence-electron chi connectivity index (χ4n) is 4.64. The molecule has 4 N–H and O–H groups in total. The average molecular weight is 550 g/mol. The topological polar surface area (TPSA) is 160 Å². The minimum absolute atomic E-state index is 0.0114. The second-order valence-electron chi connectivity index (χ2n) is 9.90. The van der Waals surface area contributed by atoms with Gasteiger partial charge in [-0.3, -0.25) is 14.5 Å². The van der Waals surface area contributed by atoms with Gasteiger partial charge in [-0.05, 0) is 38.2 Å². The molecule has 0 atom stereocenters. The van der Waals surface area contributed by atoms with E-state index in [1.807, 2.05) is 18.2 Å². The number of benzene rings is 1. The van der Waals surface area contributed by atoms with Crippen LogP contribution in [-0.4, -0.2) is 119 Å². The van der Waals surface area contributed by atoms with E-state index < -0.39 is 5.91 Å². The summed E-state index contributed by atoms with van der Waals surface area (Å²) in [4.78, 5) is 40.5. The van der Waals surface area contributed by atoms with Gasteiger partial charge < -0.3 is 30.9 Å². The van der Waals surface area contributed by atoms with Crippen molar-refractivity contribution in [3.8, 4) is 5.69 Å². The van der Waals surface area contributed by atoms with Crippen LogP contribution in [0.15, 0.2) is 36.8 Å². The highest BCUT2D eigenvalue weighted by molar-refractivity contribution is 6.03.